The zero-order valence-electron chi connectivity index (χ0n) is 19.4. The Labute approximate surface area is 184 Å². The number of aliphatic hydroxyl groups excluding tert-OH is 3. The molecular formula is C25H48O5. The monoisotopic (exact) mass is 428 g/mol. The fourth-order valence-electron chi connectivity index (χ4n) is 4.00. The molecule has 5 nitrogen and oxygen atoms in total. The van der Waals surface area contributed by atoms with Crippen molar-refractivity contribution in [2.24, 2.45) is 0 Å². The van der Waals surface area contributed by atoms with Crippen LogP contribution in [-0.2, 0) is 9.47 Å². The van der Waals surface area contributed by atoms with Gasteiger partial charge in [0.25, 0.3) is 0 Å². The quantitative estimate of drug-likeness (QED) is 0.190. The van der Waals surface area contributed by atoms with Crippen LogP contribution in [0.5, 0.6) is 0 Å². The fourth-order valence-corrected chi connectivity index (χ4v) is 4.00. The normalized spacial score (nSPS) is 22.9. The Morgan fingerprint density at radius 1 is 0.867 bits per heavy atom. The molecule has 0 radical (unpaired) electrons. The number of allylic oxidation sites excluding steroid dienone is 2. The molecule has 1 fully saturated rings. The summed E-state index contributed by atoms with van der Waals surface area (Å²) in [7, 11) is 0. The van der Waals surface area contributed by atoms with E-state index < -0.39 is 24.4 Å². The van der Waals surface area contributed by atoms with Crippen LogP contribution in [-0.4, -0.2) is 59.6 Å². The van der Waals surface area contributed by atoms with Crippen molar-refractivity contribution in [3.05, 3.63) is 12.2 Å². The number of rotatable bonds is 20. The van der Waals surface area contributed by atoms with E-state index in [0.717, 1.165) is 12.8 Å². The Bertz CT molecular complexity index is 401. The van der Waals surface area contributed by atoms with Crippen molar-refractivity contribution >= 4 is 0 Å². The van der Waals surface area contributed by atoms with Crippen molar-refractivity contribution in [1.82, 2.24) is 0 Å². The molecule has 1 heterocycles. The van der Waals surface area contributed by atoms with Crippen molar-refractivity contribution in [3.8, 4) is 0 Å². The summed E-state index contributed by atoms with van der Waals surface area (Å²) in [5, 5.41) is 28.7. The molecular weight excluding hydrogens is 380 g/mol. The minimum absolute atomic E-state index is 0.152. The Morgan fingerprint density at radius 2 is 1.40 bits per heavy atom. The minimum Gasteiger partial charge on any atom is -0.394 e. The van der Waals surface area contributed by atoms with Crippen LogP contribution in [0.4, 0.5) is 0 Å². The van der Waals surface area contributed by atoms with Crippen molar-refractivity contribution in [3.63, 3.8) is 0 Å². The largest absolute Gasteiger partial charge is 0.394 e. The second kappa shape index (κ2) is 19.2. The summed E-state index contributed by atoms with van der Waals surface area (Å²) in [6.45, 7) is 2.59. The molecule has 3 N–H and O–H groups in total. The Kier molecular flexibility index (Phi) is 17.7. The maximum absolute atomic E-state index is 9.90. The van der Waals surface area contributed by atoms with Crippen LogP contribution >= 0.6 is 0 Å². The topological polar surface area (TPSA) is 79.2 Å². The third kappa shape index (κ3) is 13.1. The highest BCUT2D eigenvalue weighted by Gasteiger charge is 2.40. The van der Waals surface area contributed by atoms with E-state index in [2.05, 4.69) is 19.1 Å². The van der Waals surface area contributed by atoms with E-state index >= 15 is 0 Å². The summed E-state index contributed by atoms with van der Waals surface area (Å²) in [4.78, 5) is 0. The van der Waals surface area contributed by atoms with Gasteiger partial charge in [0.15, 0.2) is 0 Å². The molecule has 0 aromatic heterocycles. The molecule has 0 amide bonds. The molecule has 0 aromatic carbocycles. The maximum atomic E-state index is 9.90. The first-order valence-corrected chi connectivity index (χ1v) is 12.6. The number of aliphatic hydroxyl groups is 3. The predicted octanol–water partition coefficient (Wildman–Crippen LogP) is 4.91. The maximum Gasteiger partial charge on any atom is 0.114 e. The standard InChI is InChI=1S/C25H48O5/c1-2-3-4-5-6-7-8-9-10-11-12-13-14-15-16-17-18-19-29-25-23(28)21-30-24(25)22(27)20-26/h11-12,22-28H,2-10,13-21H2,1H3/b12-11+/t22-,23+,24+,25+/m0/s1. The lowest BCUT2D eigenvalue weighted by molar-refractivity contribution is -0.0938. The van der Waals surface area contributed by atoms with Crippen LogP contribution in [0.25, 0.3) is 0 Å². The molecule has 0 aromatic rings. The van der Waals surface area contributed by atoms with E-state index in [1.165, 1.54) is 83.5 Å². The van der Waals surface area contributed by atoms with E-state index in [-0.39, 0.29) is 13.2 Å². The third-order valence-corrected chi connectivity index (χ3v) is 5.95. The van der Waals surface area contributed by atoms with Gasteiger partial charge in [0, 0.05) is 6.61 Å². The number of hydrogen-bond donors (Lipinski definition) is 3. The average molecular weight is 429 g/mol. The van der Waals surface area contributed by atoms with Crippen molar-refractivity contribution in [1.29, 1.82) is 0 Å². The number of ether oxygens (including phenoxy) is 2. The van der Waals surface area contributed by atoms with E-state index in [1.54, 1.807) is 0 Å². The van der Waals surface area contributed by atoms with E-state index in [9.17, 15) is 10.2 Å². The minimum atomic E-state index is -1.00. The summed E-state index contributed by atoms with van der Waals surface area (Å²) < 4.78 is 11.0. The number of hydrogen-bond acceptors (Lipinski definition) is 5. The lowest BCUT2D eigenvalue weighted by atomic mass is 10.1. The predicted molar refractivity (Wildman–Crippen MR) is 123 cm³/mol. The molecule has 0 aliphatic carbocycles. The van der Waals surface area contributed by atoms with Crippen LogP contribution in [0.3, 0.4) is 0 Å². The highest BCUT2D eigenvalue weighted by molar-refractivity contribution is 4.89. The van der Waals surface area contributed by atoms with Crippen molar-refractivity contribution in [2.45, 2.75) is 128 Å². The smallest absolute Gasteiger partial charge is 0.114 e. The molecule has 1 saturated heterocycles. The van der Waals surface area contributed by atoms with E-state index in [1.807, 2.05) is 0 Å². The third-order valence-electron chi connectivity index (χ3n) is 5.95. The summed E-state index contributed by atoms with van der Waals surface area (Å²) in [6.07, 6.45) is 21.0. The summed E-state index contributed by atoms with van der Waals surface area (Å²) in [5.74, 6) is 0. The molecule has 1 aliphatic rings. The highest BCUT2D eigenvalue weighted by atomic mass is 16.6. The molecule has 0 spiro atoms. The molecule has 178 valence electrons. The van der Waals surface area contributed by atoms with Crippen LogP contribution in [0.2, 0.25) is 0 Å². The average Bonchev–Trinajstić information content (AvgIpc) is 3.12. The lowest BCUT2D eigenvalue weighted by Gasteiger charge is -2.23. The zero-order chi connectivity index (χ0) is 21.9. The van der Waals surface area contributed by atoms with Gasteiger partial charge in [-0.25, -0.2) is 0 Å². The second-order valence-electron chi connectivity index (χ2n) is 8.74. The van der Waals surface area contributed by atoms with Gasteiger partial charge in [0.1, 0.15) is 24.4 Å². The Hall–Kier alpha value is -0.460. The molecule has 0 bridgehead atoms. The van der Waals surface area contributed by atoms with Gasteiger partial charge in [0.05, 0.1) is 13.2 Å². The molecule has 4 atom stereocenters. The molecule has 1 rings (SSSR count). The molecule has 5 heteroatoms. The molecule has 1 aliphatic heterocycles. The van der Waals surface area contributed by atoms with Gasteiger partial charge in [-0.15, -0.1) is 0 Å². The fraction of sp³-hybridized carbons (Fsp3) is 0.920. The number of unbranched alkanes of at least 4 members (excludes halogenated alkanes) is 13. The van der Waals surface area contributed by atoms with Crippen molar-refractivity contribution in [2.75, 3.05) is 19.8 Å². The first-order valence-electron chi connectivity index (χ1n) is 12.6. The summed E-state index contributed by atoms with van der Waals surface area (Å²) >= 11 is 0. The SMILES string of the molecule is CCCCCCCCCC/C=C/CCCCCCCO[C@H]1[C@@H]([C@@H](O)CO)OC[C@H]1O. The second-order valence-corrected chi connectivity index (χ2v) is 8.74. The first-order chi connectivity index (χ1) is 14.7. The zero-order valence-corrected chi connectivity index (χ0v) is 19.4. The van der Waals surface area contributed by atoms with Crippen LogP contribution in [0, 0.1) is 0 Å². The van der Waals surface area contributed by atoms with Crippen LogP contribution in [0.1, 0.15) is 103 Å². The van der Waals surface area contributed by atoms with Crippen LogP contribution in [0.15, 0.2) is 12.2 Å². The summed E-state index contributed by atoms with van der Waals surface area (Å²) in [6, 6.07) is 0. The lowest BCUT2D eigenvalue weighted by Crippen LogP contribution is -2.42. The van der Waals surface area contributed by atoms with Gasteiger partial charge in [-0.3, -0.25) is 0 Å². The molecule has 0 unspecified atom stereocenters. The first kappa shape index (κ1) is 27.6. The summed E-state index contributed by atoms with van der Waals surface area (Å²) in [5.41, 5.74) is 0. The van der Waals surface area contributed by atoms with Crippen LogP contribution < -0.4 is 0 Å². The van der Waals surface area contributed by atoms with E-state index in [0.29, 0.717) is 6.61 Å². The van der Waals surface area contributed by atoms with Gasteiger partial charge in [-0.1, -0.05) is 83.3 Å². The molecule has 30 heavy (non-hydrogen) atoms. The van der Waals surface area contributed by atoms with Crippen molar-refractivity contribution < 1.29 is 24.8 Å². The molecule has 0 saturated carbocycles. The van der Waals surface area contributed by atoms with E-state index in [4.69, 9.17) is 14.6 Å². The van der Waals surface area contributed by atoms with Gasteiger partial charge >= 0.3 is 0 Å². The highest BCUT2D eigenvalue weighted by Crippen LogP contribution is 2.21. The van der Waals surface area contributed by atoms with Gasteiger partial charge in [-0.2, -0.15) is 0 Å². The Balaban J connectivity index is 1.86. The Morgan fingerprint density at radius 3 is 1.97 bits per heavy atom. The van der Waals surface area contributed by atoms with Gasteiger partial charge in [0.2, 0.25) is 0 Å². The van der Waals surface area contributed by atoms with Gasteiger partial charge < -0.3 is 24.8 Å². The van der Waals surface area contributed by atoms with Gasteiger partial charge in [-0.05, 0) is 32.1 Å².